The number of morpholine rings is 1. The van der Waals surface area contributed by atoms with Gasteiger partial charge in [0.2, 0.25) is 0 Å². The predicted molar refractivity (Wildman–Crippen MR) is 78.3 cm³/mol. The standard InChI is InChI=1S/C17H23NO2/c1-2-7-14-10-6-11-15-17(19)20-12-16(18(14)15)13-8-4-3-5-9-13/h3-5,8-9,14-16H,2,6-7,10-12H2,1H3/t14-,15-,16+/m1/s1. The largest absolute Gasteiger partial charge is 0.462 e. The van der Waals surface area contributed by atoms with Crippen molar-refractivity contribution >= 4 is 5.97 Å². The number of cyclic esters (lactones) is 1. The summed E-state index contributed by atoms with van der Waals surface area (Å²) in [5, 5.41) is 0. The quantitative estimate of drug-likeness (QED) is 0.791. The van der Waals surface area contributed by atoms with Crippen molar-refractivity contribution in [2.75, 3.05) is 6.61 Å². The summed E-state index contributed by atoms with van der Waals surface area (Å²) in [7, 11) is 0. The molecule has 1 aromatic carbocycles. The molecule has 0 spiro atoms. The number of fused-ring (bicyclic) bond motifs is 1. The maximum Gasteiger partial charge on any atom is 0.323 e. The van der Waals surface area contributed by atoms with Gasteiger partial charge < -0.3 is 4.74 Å². The van der Waals surface area contributed by atoms with E-state index in [1.165, 1.54) is 24.8 Å². The molecule has 0 amide bonds. The van der Waals surface area contributed by atoms with Crippen LogP contribution in [0, 0.1) is 0 Å². The van der Waals surface area contributed by atoms with Crippen LogP contribution in [-0.2, 0) is 9.53 Å². The third kappa shape index (κ3) is 2.47. The molecule has 2 heterocycles. The highest BCUT2D eigenvalue weighted by atomic mass is 16.5. The predicted octanol–water partition coefficient (Wildman–Crippen LogP) is 3.31. The molecule has 0 bridgehead atoms. The molecule has 20 heavy (non-hydrogen) atoms. The summed E-state index contributed by atoms with van der Waals surface area (Å²) < 4.78 is 5.46. The number of carbonyl (C=O) groups excluding carboxylic acids is 1. The Labute approximate surface area is 120 Å². The molecule has 0 unspecified atom stereocenters. The third-order valence-corrected chi connectivity index (χ3v) is 4.62. The van der Waals surface area contributed by atoms with E-state index >= 15 is 0 Å². The van der Waals surface area contributed by atoms with E-state index < -0.39 is 0 Å². The minimum absolute atomic E-state index is 0.0158. The Morgan fingerprint density at radius 1 is 1.20 bits per heavy atom. The van der Waals surface area contributed by atoms with Crippen LogP contribution in [0.3, 0.4) is 0 Å². The molecule has 2 aliphatic heterocycles. The second-order valence-corrected chi connectivity index (χ2v) is 5.89. The fourth-order valence-corrected chi connectivity index (χ4v) is 3.72. The Bertz CT molecular complexity index is 457. The molecule has 2 saturated heterocycles. The van der Waals surface area contributed by atoms with Gasteiger partial charge >= 0.3 is 5.97 Å². The summed E-state index contributed by atoms with van der Waals surface area (Å²) >= 11 is 0. The SMILES string of the molecule is CCC[C@@H]1CCC[C@@H]2C(=O)OC[C@@H](c3ccccc3)N12. The second-order valence-electron chi connectivity index (χ2n) is 5.89. The average molecular weight is 273 g/mol. The Morgan fingerprint density at radius 2 is 2.00 bits per heavy atom. The van der Waals surface area contributed by atoms with Gasteiger partial charge in [-0.25, -0.2) is 0 Å². The van der Waals surface area contributed by atoms with Crippen LogP contribution in [0.4, 0.5) is 0 Å². The number of benzene rings is 1. The molecule has 108 valence electrons. The van der Waals surface area contributed by atoms with Crippen molar-refractivity contribution in [3.63, 3.8) is 0 Å². The minimum atomic E-state index is -0.0285. The first-order valence-electron chi connectivity index (χ1n) is 7.80. The van der Waals surface area contributed by atoms with Gasteiger partial charge in [0.1, 0.15) is 12.6 Å². The molecule has 0 radical (unpaired) electrons. The van der Waals surface area contributed by atoms with Crippen LogP contribution in [-0.4, -0.2) is 29.6 Å². The fourth-order valence-electron chi connectivity index (χ4n) is 3.72. The Balaban J connectivity index is 1.90. The fraction of sp³-hybridized carbons (Fsp3) is 0.588. The van der Waals surface area contributed by atoms with E-state index in [0.717, 1.165) is 12.8 Å². The first kappa shape index (κ1) is 13.6. The Morgan fingerprint density at radius 3 is 2.75 bits per heavy atom. The number of rotatable bonds is 3. The van der Waals surface area contributed by atoms with E-state index in [9.17, 15) is 4.79 Å². The summed E-state index contributed by atoms with van der Waals surface area (Å²) in [6.45, 7) is 2.73. The monoisotopic (exact) mass is 273 g/mol. The van der Waals surface area contributed by atoms with Crippen LogP contribution >= 0.6 is 0 Å². The smallest absolute Gasteiger partial charge is 0.323 e. The van der Waals surface area contributed by atoms with E-state index in [1.807, 2.05) is 6.07 Å². The molecule has 3 heteroatoms. The molecule has 1 aromatic rings. The van der Waals surface area contributed by atoms with Gasteiger partial charge in [0.05, 0.1) is 6.04 Å². The highest BCUT2D eigenvalue weighted by Gasteiger charge is 2.43. The van der Waals surface area contributed by atoms with Gasteiger partial charge in [-0.1, -0.05) is 43.7 Å². The van der Waals surface area contributed by atoms with Gasteiger partial charge in [-0.05, 0) is 31.2 Å². The highest BCUT2D eigenvalue weighted by Crippen LogP contribution is 2.37. The zero-order valence-electron chi connectivity index (χ0n) is 12.1. The van der Waals surface area contributed by atoms with Crippen molar-refractivity contribution in [3.05, 3.63) is 35.9 Å². The maximum atomic E-state index is 12.1. The van der Waals surface area contributed by atoms with Crippen molar-refractivity contribution in [1.29, 1.82) is 0 Å². The number of ether oxygens (including phenoxy) is 1. The molecule has 3 rings (SSSR count). The van der Waals surface area contributed by atoms with Crippen molar-refractivity contribution in [1.82, 2.24) is 4.90 Å². The first-order chi connectivity index (χ1) is 9.81. The average Bonchev–Trinajstić information content (AvgIpc) is 2.50. The van der Waals surface area contributed by atoms with E-state index in [0.29, 0.717) is 12.6 Å². The van der Waals surface area contributed by atoms with E-state index in [4.69, 9.17) is 4.74 Å². The zero-order valence-corrected chi connectivity index (χ0v) is 12.1. The number of nitrogens with zero attached hydrogens (tertiary/aromatic N) is 1. The molecule has 3 nitrogen and oxygen atoms in total. The van der Waals surface area contributed by atoms with E-state index in [1.54, 1.807) is 0 Å². The van der Waals surface area contributed by atoms with Crippen LogP contribution in [0.5, 0.6) is 0 Å². The molecule has 2 fully saturated rings. The number of esters is 1. The number of carbonyl (C=O) groups is 1. The van der Waals surface area contributed by atoms with Crippen molar-refractivity contribution < 1.29 is 9.53 Å². The van der Waals surface area contributed by atoms with Gasteiger partial charge in [0.15, 0.2) is 0 Å². The number of hydrogen-bond acceptors (Lipinski definition) is 3. The van der Waals surface area contributed by atoms with Crippen LogP contribution in [0.2, 0.25) is 0 Å². The molecular weight excluding hydrogens is 250 g/mol. The Hall–Kier alpha value is -1.35. The molecular formula is C17H23NO2. The molecule has 3 atom stereocenters. The van der Waals surface area contributed by atoms with Crippen LogP contribution in [0.1, 0.15) is 50.6 Å². The third-order valence-electron chi connectivity index (χ3n) is 4.62. The lowest BCUT2D eigenvalue weighted by Crippen LogP contribution is -2.56. The van der Waals surface area contributed by atoms with Gasteiger partial charge in [-0.2, -0.15) is 0 Å². The van der Waals surface area contributed by atoms with Crippen LogP contribution in [0.15, 0.2) is 30.3 Å². The molecule has 0 aliphatic carbocycles. The van der Waals surface area contributed by atoms with Gasteiger partial charge in [-0.3, -0.25) is 9.69 Å². The van der Waals surface area contributed by atoms with Gasteiger partial charge in [-0.15, -0.1) is 0 Å². The van der Waals surface area contributed by atoms with Gasteiger partial charge in [0.25, 0.3) is 0 Å². The summed E-state index contributed by atoms with van der Waals surface area (Å²) in [4.78, 5) is 14.5. The van der Waals surface area contributed by atoms with Crippen molar-refractivity contribution in [3.8, 4) is 0 Å². The highest BCUT2D eigenvalue weighted by molar-refractivity contribution is 5.77. The lowest BCUT2D eigenvalue weighted by molar-refractivity contribution is -0.169. The minimum Gasteiger partial charge on any atom is -0.462 e. The first-order valence-corrected chi connectivity index (χ1v) is 7.80. The second kappa shape index (κ2) is 5.96. The molecule has 0 saturated carbocycles. The topological polar surface area (TPSA) is 29.5 Å². The summed E-state index contributed by atoms with van der Waals surface area (Å²) in [6.07, 6.45) is 5.64. The summed E-state index contributed by atoms with van der Waals surface area (Å²) in [5.41, 5.74) is 1.27. The van der Waals surface area contributed by atoms with Crippen LogP contribution < -0.4 is 0 Å². The summed E-state index contributed by atoms with van der Waals surface area (Å²) in [5.74, 6) is -0.0158. The number of hydrogen-bond donors (Lipinski definition) is 0. The molecule has 2 aliphatic rings. The van der Waals surface area contributed by atoms with Crippen molar-refractivity contribution in [2.24, 2.45) is 0 Å². The van der Waals surface area contributed by atoms with Gasteiger partial charge in [0, 0.05) is 6.04 Å². The summed E-state index contributed by atoms with van der Waals surface area (Å²) in [6, 6.07) is 11.2. The maximum absolute atomic E-state index is 12.1. The lowest BCUT2D eigenvalue weighted by Gasteiger charge is -2.48. The number of piperidine rings is 1. The van der Waals surface area contributed by atoms with E-state index in [-0.39, 0.29) is 18.1 Å². The van der Waals surface area contributed by atoms with E-state index in [2.05, 4.69) is 36.1 Å². The normalized spacial score (nSPS) is 30.6. The lowest BCUT2D eigenvalue weighted by atomic mass is 9.88. The van der Waals surface area contributed by atoms with Crippen molar-refractivity contribution in [2.45, 2.75) is 57.2 Å². The zero-order chi connectivity index (χ0) is 13.9. The molecule has 0 aromatic heterocycles. The molecule has 0 N–H and O–H groups in total. The van der Waals surface area contributed by atoms with Crippen LogP contribution in [0.25, 0.3) is 0 Å². The Kier molecular flexibility index (Phi) is 4.06.